The van der Waals surface area contributed by atoms with E-state index in [1.807, 2.05) is 0 Å². The van der Waals surface area contributed by atoms with E-state index in [1.54, 1.807) is 24.3 Å². The molecule has 2 heterocycles. The van der Waals surface area contributed by atoms with E-state index in [1.165, 1.54) is 28.6 Å². The normalized spacial score (nSPS) is 15.5. The number of aromatic nitrogens is 3. The highest BCUT2D eigenvalue weighted by Gasteiger charge is 2.25. The van der Waals surface area contributed by atoms with E-state index in [0.717, 1.165) is 30.4 Å². The number of ether oxygens (including phenoxy) is 1. The first-order valence-electron chi connectivity index (χ1n) is 10.1. The summed E-state index contributed by atoms with van der Waals surface area (Å²) >= 11 is 0. The molecule has 0 bridgehead atoms. The molecule has 3 aromatic rings. The van der Waals surface area contributed by atoms with Crippen molar-refractivity contribution in [3.05, 3.63) is 64.4 Å². The van der Waals surface area contributed by atoms with Gasteiger partial charge in [-0.1, -0.05) is 30.2 Å². The summed E-state index contributed by atoms with van der Waals surface area (Å²) in [5.41, 5.74) is 0.213. The molecule has 0 saturated carbocycles. The van der Waals surface area contributed by atoms with Crippen LogP contribution in [0, 0.1) is 0 Å². The Labute approximate surface area is 179 Å². The van der Waals surface area contributed by atoms with Crippen LogP contribution < -0.4 is 5.56 Å². The lowest BCUT2D eigenvalue weighted by molar-refractivity contribution is 0.0336. The Kier molecular flexibility index (Phi) is 6.10. The Hall–Kier alpha value is -3.11. The Morgan fingerprint density at radius 1 is 0.968 bits per heavy atom. The molecule has 0 spiro atoms. The maximum Gasteiger partial charge on any atom is 0.339 e. The van der Waals surface area contributed by atoms with E-state index >= 15 is 0 Å². The van der Waals surface area contributed by atoms with Gasteiger partial charge in [0.1, 0.15) is 5.52 Å². The lowest BCUT2D eigenvalue weighted by Gasteiger charge is -2.20. The van der Waals surface area contributed by atoms with E-state index in [9.17, 15) is 18.0 Å². The minimum Gasteiger partial charge on any atom is -0.439 e. The van der Waals surface area contributed by atoms with Crippen LogP contribution in [0.15, 0.2) is 58.2 Å². The molecule has 10 heteroatoms. The number of esters is 1. The Morgan fingerprint density at radius 2 is 1.65 bits per heavy atom. The first-order valence-corrected chi connectivity index (χ1v) is 11.5. The summed E-state index contributed by atoms with van der Waals surface area (Å²) in [4.78, 5) is 24.9. The van der Waals surface area contributed by atoms with Crippen LogP contribution in [-0.2, 0) is 21.5 Å². The number of carbonyl (C=O) groups excluding carboxylic acids is 1. The SMILES string of the molecule is O=C(OCn1nnc2ccccc2c1=O)c1ccc(S(=O)(=O)N2CCCCCC2)cc1. The van der Waals surface area contributed by atoms with E-state index in [-0.39, 0.29) is 10.5 Å². The lowest BCUT2D eigenvalue weighted by Crippen LogP contribution is -2.31. The highest BCUT2D eigenvalue weighted by molar-refractivity contribution is 7.89. The molecule has 0 atom stereocenters. The van der Waals surface area contributed by atoms with Gasteiger partial charge in [-0.25, -0.2) is 13.2 Å². The number of rotatable bonds is 5. The number of sulfonamides is 1. The molecule has 1 saturated heterocycles. The van der Waals surface area contributed by atoms with Gasteiger partial charge in [-0.2, -0.15) is 8.99 Å². The number of hydrogen-bond acceptors (Lipinski definition) is 7. The van der Waals surface area contributed by atoms with Gasteiger partial charge in [0.05, 0.1) is 15.8 Å². The van der Waals surface area contributed by atoms with Crippen LogP contribution in [0.4, 0.5) is 0 Å². The van der Waals surface area contributed by atoms with Crippen molar-refractivity contribution in [3.63, 3.8) is 0 Å². The molecule has 4 rings (SSSR count). The van der Waals surface area contributed by atoms with Crippen molar-refractivity contribution in [2.75, 3.05) is 13.1 Å². The molecule has 1 aliphatic heterocycles. The fourth-order valence-corrected chi connectivity index (χ4v) is 5.02. The molecule has 0 unspecified atom stereocenters. The molecule has 1 aromatic heterocycles. The average Bonchev–Trinajstić information content (AvgIpc) is 3.09. The van der Waals surface area contributed by atoms with Crippen molar-refractivity contribution >= 4 is 26.9 Å². The topological polar surface area (TPSA) is 111 Å². The zero-order chi connectivity index (χ0) is 21.8. The van der Waals surface area contributed by atoms with E-state index in [4.69, 9.17) is 4.74 Å². The minimum atomic E-state index is -3.59. The molecule has 9 nitrogen and oxygen atoms in total. The van der Waals surface area contributed by atoms with Gasteiger partial charge in [0.15, 0.2) is 6.73 Å². The van der Waals surface area contributed by atoms with Crippen molar-refractivity contribution < 1.29 is 17.9 Å². The number of fused-ring (bicyclic) bond motifs is 1. The molecule has 0 N–H and O–H groups in total. The van der Waals surface area contributed by atoms with Gasteiger partial charge in [0, 0.05) is 13.1 Å². The monoisotopic (exact) mass is 442 g/mol. The van der Waals surface area contributed by atoms with Gasteiger partial charge < -0.3 is 4.74 Å². The van der Waals surface area contributed by atoms with E-state index in [2.05, 4.69) is 10.3 Å². The smallest absolute Gasteiger partial charge is 0.339 e. The van der Waals surface area contributed by atoms with Gasteiger partial charge in [0.2, 0.25) is 10.0 Å². The van der Waals surface area contributed by atoms with Crippen LogP contribution >= 0.6 is 0 Å². The number of benzene rings is 2. The zero-order valence-corrected chi connectivity index (χ0v) is 17.6. The van der Waals surface area contributed by atoms with Crippen LogP contribution in [0.1, 0.15) is 36.0 Å². The number of hydrogen-bond donors (Lipinski definition) is 0. The van der Waals surface area contributed by atoms with Crippen molar-refractivity contribution in [1.82, 2.24) is 19.3 Å². The first kappa shape index (κ1) is 21.1. The molecule has 31 heavy (non-hydrogen) atoms. The van der Waals surface area contributed by atoms with E-state index in [0.29, 0.717) is 24.0 Å². The number of carbonyl (C=O) groups is 1. The second kappa shape index (κ2) is 8.94. The Morgan fingerprint density at radius 3 is 2.35 bits per heavy atom. The fourth-order valence-electron chi connectivity index (χ4n) is 3.51. The third-order valence-electron chi connectivity index (χ3n) is 5.24. The molecule has 0 amide bonds. The van der Waals surface area contributed by atoms with Gasteiger partial charge in [-0.05, 0) is 49.2 Å². The molecule has 1 fully saturated rings. The maximum absolute atomic E-state index is 12.8. The summed E-state index contributed by atoms with van der Waals surface area (Å²) in [5.74, 6) is -0.694. The first-order chi connectivity index (χ1) is 15.0. The Balaban J connectivity index is 1.45. The minimum absolute atomic E-state index is 0.141. The third kappa shape index (κ3) is 4.49. The molecule has 162 valence electrons. The summed E-state index contributed by atoms with van der Waals surface area (Å²) in [6.45, 7) is 0.616. The standard InChI is InChI=1S/C21H22N4O5S/c26-20-18-7-3-4-8-19(18)22-23-25(20)15-30-21(27)16-9-11-17(12-10-16)31(28,29)24-13-5-1-2-6-14-24/h3-4,7-12H,1-2,5-6,13-15H2. The lowest BCUT2D eigenvalue weighted by atomic mass is 10.2. The van der Waals surface area contributed by atoms with Crippen LogP contribution in [-0.4, -0.2) is 46.8 Å². The summed E-state index contributed by atoms with van der Waals surface area (Å²) in [6.07, 6.45) is 3.75. The Bertz CT molecular complexity index is 1250. The van der Waals surface area contributed by atoms with Gasteiger partial charge in [-0.15, -0.1) is 5.10 Å². The van der Waals surface area contributed by atoms with Gasteiger partial charge in [-0.3, -0.25) is 4.79 Å². The maximum atomic E-state index is 12.8. The van der Waals surface area contributed by atoms with Gasteiger partial charge >= 0.3 is 5.97 Å². The summed E-state index contributed by atoms with van der Waals surface area (Å²) in [6, 6.07) is 12.4. The van der Waals surface area contributed by atoms with Crippen LogP contribution in [0.25, 0.3) is 10.9 Å². The quantitative estimate of drug-likeness (QED) is 0.557. The predicted molar refractivity (Wildman–Crippen MR) is 113 cm³/mol. The second-order valence-corrected chi connectivity index (χ2v) is 9.25. The predicted octanol–water partition coefficient (Wildman–Crippen LogP) is 2.17. The van der Waals surface area contributed by atoms with Crippen molar-refractivity contribution in [3.8, 4) is 0 Å². The van der Waals surface area contributed by atoms with Crippen molar-refractivity contribution in [2.45, 2.75) is 37.3 Å². The summed E-state index contributed by atoms with van der Waals surface area (Å²) < 4.78 is 33.3. The van der Waals surface area contributed by atoms with Crippen LogP contribution in [0.3, 0.4) is 0 Å². The average molecular weight is 442 g/mol. The van der Waals surface area contributed by atoms with Crippen molar-refractivity contribution in [2.24, 2.45) is 0 Å². The molecule has 2 aromatic carbocycles. The zero-order valence-electron chi connectivity index (χ0n) is 16.8. The molecule has 0 radical (unpaired) electrons. The highest BCUT2D eigenvalue weighted by Crippen LogP contribution is 2.21. The third-order valence-corrected chi connectivity index (χ3v) is 7.15. The van der Waals surface area contributed by atoms with Crippen molar-refractivity contribution in [1.29, 1.82) is 0 Å². The van der Waals surface area contributed by atoms with Crippen LogP contribution in [0.2, 0.25) is 0 Å². The highest BCUT2D eigenvalue weighted by atomic mass is 32.2. The second-order valence-electron chi connectivity index (χ2n) is 7.31. The molecule has 1 aliphatic rings. The molecular weight excluding hydrogens is 420 g/mol. The summed E-state index contributed by atoms with van der Waals surface area (Å²) in [5, 5.41) is 8.07. The van der Waals surface area contributed by atoms with E-state index < -0.39 is 28.3 Å². The molecule has 0 aliphatic carbocycles. The molecular formula is C21H22N4O5S. The summed E-state index contributed by atoms with van der Waals surface area (Å²) in [7, 11) is -3.59. The van der Waals surface area contributed by atoms with Crippen LogP contribution in [0.5, 0.6) is 0 Å². The fraction of sp³-hybridized carbons (Fsp3) is 0.333. The van der Waals surface area contributed by atoms with Gasteiger partial charge in [0.25, 0.3) is 5.56 Å². The number of nitrogens with zero attached hydrogens (tertiary/aromatic N) is 4. The largest absolute Gasteiger partial charge is 0.439 e.